The Morgan fingerprint density at radius 3 is 2.89 bits per heavy atom. The van der Waals surface area contributed by atoms with E-state index in [0.29, 0.717) is 11.5 Å². The highest BCUT2D eigenvalue weighted by atomic mass is 16.1. The first-order valence-electron chi connectivity index (χ1n) is 5.98. The van der Waals surface area contributed by atoms with Gasteiger partial charge in [-0.2, -0.15) is 0 Å². The summed E-state index contributed by atoms with van der Waals surface area (Å²) in [5.74, 6) is 1.30. The van der Waals surface area contributed by atoms with Gasteiger partial charge >= 0.3 is 0 Å². The molecule has 1 aliphatic heterocycles. The van der Waals surface area contributed by atoms with Crippen molar-refractivity contribution in [2.45, 2.75) is 25.8 Å². The Kier molecular flexibility index (Phi) is 2.76. The molecule has 0 bridgehead atoms. The summed E-state index contributed by atoms with van der Waals surface area (Å²) >= 11 is 0. The molecule has 0 saturated heterocycles. The molecule has 2 aromatic heterocycles. The monoisotopic (exact) mass is 243 g/mol. The topological polar surface area (TPSA) is 72.7 Å². The molecular formula is C12H13N5O. The molecular weight excluding hydrogens is 230 g/mol. The molecule has 0 aromatic carbocycles. The second-order valence-electron chi connectivity index (χ2n) is 4.24. The van der Waals surface area contributed by atoms with Crippen LogP contribution in [-0.4, -0.2) is 25.7 Å². The lowest BCUT2D eigenvalue weighted by Gasteiger charge is -2.14. The second kappa shape index (κ2) is 4.56. The first-order valence-corrected chi connectivity index (χ1v) is 5.98. The van der Waals surface area contributed by atoms with Crippen LogP contribution in [0, 0.1) is 0 Å². The van der Waals surface area contributed by atoms with Crippen molar-refractivity contribution < 1.29 is 4.79 Å². The van der Waals surface area contributed by atoms with E-state index in [0.717, 1.165) is 31.6 Å². The molecule has 2 aromatic rings. The Balaban J connectivity index is 1.81. The minimum absolute atomic E-state index is 0.182. The number of pyridine rings is 1. The van der Waals surface area contributed by atoms with Crippen LogP contribution in [0.4, 0.5) is 5.95 Å². The van der Waals surface area contributed by atoms with Gasteiger partial charge in [0.25, 0.3) is 5.91 Å². The number of anilines is 1. The third-order valence-corrected chi connectivity index (χ3v) is 3.03. The minimum Gasteiger partial charge on any atom is -0.297 e. The van der Waals surface area contributed by atoms with Gasteiger partial charge in [0.15, 0.2) is 0 Å². The van der Waals surface area contributed by atoms with Crippen LogP contribution in [0.1, 0.15) is 29.0 Å². The van der Waals surface area contributed by atoms with Crippen LogP contribution in [0.15, 0.2) is 24.5 Å². The summed E-state index contributed by atoms with van der Waals surface area (Å²) in [7, 11) is 0. The van der Waals surface area contributed by atoms with Gasteiger partial charge in [-0.15, -0.1) is 10.2 Å². The van der Waals surface area contributed by atoms with Crippen LogP contribution in [0.2, 0.25) is 0 Å². The molecule has 0 spiro atoms. The summed E-state index contributed by atoms with van der Waals surface area (Å²) in [5, 5.41) is 10.9. The smallest absolute Gasteiger partial charge is 0.258 e. The van der Waals surface area contributed by atoms with Crippen molar-refractivity contribution in [1.29, 1.82) is 0 Å². The number of hydrogen-bond acceptors (Lipinski definition) is 4. The standard InChI is InChI=1S/C12H13N5O/c18-11(9-4-6-13-7-5-9)14-12-16-15-10-3-1-2-8-17(10)12/h4-7H,1-3,8H2,(H,14,16,18). The SMILES string of the molecule is O=C(Nc1nnc2n1CCCC2)c1ccncc1. The minimum atomic E-state index is -0.182. The lowest BCUT2D eigenvalue weighted by atomic mass is 10.2. The number of nitrogens with one attached hydrogen (secondary N) is 1. The number of nitrogens with zero attached hydrogens (tertiary/aromatic N) is 4. The van der Waals surface area contributed by atoms with E-state index < -0.39 is 0 Å². The van der Waals surface area contributed by atoms with E-state index in [1.54, 1.807) is 24.5 Å². The van der Waals surface area contributed by atoms with Gasteiger partial charge in [0.1, 0.15) is 5.82 Å². The maximum atomic E-state index is 12.0. The Morgan fingerprint density at radius 1 is 1.22 bits per heavy atom. The second-order valence-corrected chi connectivity index (χ2v) is 4.24. The van der Waals surface area contributed by atoms with E-state index in [-0.39, 0.29) is 5.91 Å². The largest absolute Gasteiger partial charge is 0.297 e. The normalized spacial score (nSPS) is 14.0. The van der Waals surface area contributed by atoms with E-state index in [4.69, 9.17) is 0 Å². The van der Waals surface area contributed by atoms with E-state index in [1.807, 2.05) is 4.57 Å². The van der Waals surface area contributed by atoms with Gasteiger partial charge in [0.2, 0.25) is 5.95 Å². The molecule has 0 aliphatic carbocycles. The molecule has 0 atom stereocenters. The number of aromatic nitrogens is 4. The highest BCUT2D eigenvalue weighted by Gasteiger charge is 2.17. The molecule has 92 valence electrons. The van der Waals surface area contributed by atoms with Gasteiger partial charge in [0, 0.05) is 30.9 Å². The number of carbonyl (C=O) groups is 1. The first-order chi connectivity index (χ1) is 8.84. The van der Waals surface area contributed by atoms with Gasteiger partial charge in [-0.25, -0.2) is 0 Å². The number of amides is 1. The van der Waals surface area contributed by atoms with E-state index >= 15 is 0 Å². The molecule has 3 rings (SSSR count). The van der Waals surface area contributed by atoms with Crippen LogP contribution < -0.4 is 5.32 Å². The predicted octanol–water partition coefficient (Wildman–Crippen LogP) is 1.26. The quantitative estimate of drug-likeness (QED) is 0.861. The summed E-state index contributed by atoms with van der Waals surface area (Å²) < 4.78 is 1.97. The Bertz CT molecular complexity index is 563. The Labute approximate surface area is 104 Å². The molecule has 0 unspecified atom stereocenters. The van der Waals surface area contributed by atoms with Gasteiger partial charge in [0.05, 0.1) is 0 Å². The maximum absolute atomic E-state index is 12.0. The molecule has 0 fully saturated rings. The molecule has 18 heavy (non-hydrogen) atoms. The fourth-order valence-corrected chi connectivity index (χ4v) is 2.08. The number of hydrogen-bond donors (Lipinski definition) is 1. The van der Waals surface area contributed by atoms with Crippen molar-refractivity contribution in [1.82, 2.24) is 19.7 Å². The number of aryl methyl sites for hydroxylation is 1. The van der Waals surface area contributed by atoms with Crippen LogP contribution in [-0.2, 0) is 13.0 Å². The number of fused-ring (bicyclic) bond motifs is 1. The molecule has 0 radical (unpaired) electrons. The Hall–Kier alpha value is -2.24. The number of carbonyl (C=O) groups excluding carboxylic acids is 1. The van der Waals surface area contributed by atoms with Crippen molar-refractivity contribution in [3.05, 3.63) is 35.9 Å². The summed E-state index contributed by atoms with van der Waals surface area (Å²) in [4.78, 5) is 15.9. The van der Waals surface area contributed by atoms with Crippen LogP contribution in [0.25, 0.3) is 0 Å². The zero-order valence-corrected chi connectivity index (χ0v) is 9.83. The van der Waals surface area contributed by atoms with E-state index in [9.17, 15) is 4.79 Å². The maximum Gasteiger partial charge on any atom is 0.258 e. The first kappa shape index (κ1) is 10.9. The van der Waals surface area contributed by atoms with Gasteiger partial charge in [-0.1, -0.05) is 0 Å². The third-order valence-electron chi connectivity index (χ3n) is 3.03. The number of rotatable bonds is 2. The molecule has 1 N–H and O–H groups in total. The summed E-state index contributed by atoms with van der Waals surface area (Å²) in [6.45, 7) is 0.869. The third kappa shape index (κ3) is 1.97. The zero-order chi connectivity index (χ0) is 12.4. The molecule has 6 heteroatoms. The average molecular weight is 243 g/mol. The van der Waals surface area contributed by atoms with Crippen LogP contribution in [0.3, 0.4) is 0 Å². The highest BCUT2D eigenvalue weighted by molar-refractivity contribution is 6.03. The van der Waals surface area contributed by atoms with Gasteiger partial charge < -0.3 is 0 Å². The van der Waals surface area contributed by atoms with Crippen LogP contribution in [0.5, 0.6) is 0 Å². The summed E-state index contributed by atoms with van der Waals surface area (Å²) in [6.07, 6.45) is 6.35. The van der Waals surface area contributed by atoms with Gasteiger partial charge in [-0.05, 0) is 25.0 Å². The van der Waals surface area contributed by atoms with Crippen molar-refractivity contribution >= 4 is 11.9 Å². The lowest BCUT2D eigenvalue weighted by Crippen LogP contribution is -2.18. The molecule has 1 amide bonds. The molecule has 3 heterocycles. The fourth-order valence-electron chi connectivity index (χ4n) is 2.08. The molecule has 1 aliphatic rings. The van der Waals surface area contributed by atoms with E-state index in [1.165, 1.54) is 0 Å². The summed E-state index contributed by atoms with van der Waals surface area (Å²) in [6, 6.07) is 3.34. The zero-order valence-electron chi connectivity index (χ0n) is 9.83. The Morgan fingerprint density at radius 2 is 2.06 bits per heavy atom. The van der Waals surface area contributed by atoms with Crippen molar-refractivity contribution in [2.75, 3.05) is 5.32 Å². The predicted molar refractivity (Wildman–Crippen MR) is 65.2 cm³/mol. The average Bonchev–Trinajstić information content (AvgIpc) is 2.83. The molecule has 0 saturated carbocycles. The van der Waals surface area contributed by atoms with Crippen molar-refractivity contribution in [3.8, 4) is 0 Å². The van der Waals surface area contributed by atoms with Crippen LogP contribution >= 0.6 is 0 Å². The van der Waals surface area contributed by atoms with E-state index in [2.05, 4.69) is 20.5 Å². The van der Waals surface area contributed by atoms with Gasteiger partial charge in [-0.3, -0.25) is 19.7 Å². The van der Waals surface area contributed by atoms with Crippen molar-refractivity contribution in [3.63, 3.8) is 0 Å². The summed E-state index contributed by atoms with van der Waals surface area (Å²) in [5.41, 5.74) is 0.568. The lowest BCUT2D eigenvalue weighted by molar-refractivity contribution is 0.102. The molecule has 6 nitrogen and oxygen atoms in total. The fraction of sp³-hybridized carbons (Fsp3) is 0.333. The van der Waals surface area contributed by atoms with Crippen molar-refractivity contribution in [2.24, 2.45) is 0 Å². The highest BCUT2D eigenvalue weighted by Crippen LogP contribution is 2.17.